The molecule has 140 valence electrons. The van der Waals surface area contributed by atoms with Gasteiger partial charge >= 0.3 is 0 Å². The number of hydrogen-bond acceptors (Lipinski definition) is 3. The number of halogens is 1. The van der Waals surface area contributed by atoms with E-state index < -0.39 is 21.7 Å². The van der Waals surface area contributed by atoms with Crippen molar-refractivity contribution in [1.82, 2.24) is 9.62 Å². The fraction of sp³-hybridized carbons (Fsp3) is 0.316. The molecule has 1 N–H and O–H groups in total. The van der Waals surface area contributed by atoms with Crippen molar-refractivity contribution in [3.05, 3.63) is 65.0 Å². The highest BCUT2D eigenvalue weighted by Crippen LogP contribution is 2.19. The second-order valence-electron chi connectivity index (χ2n) is 6.36. The number of likely N-dealkylation sites (N-methyl/N-ethyl adjacent to an activating group) is 1. The Labute approximate surface area is 153 Å². The number of sulfonamides is 1. The van der Waals surface area contributed by atoms with Gasteiger partial charge in [-0.15, -0.1) is 0 Å². The monoisotopic (exact) mass is 378 g/mol. The second-order valence-corrected chi connectivity index (χ2v) is 8.41. The van der Waals surface area contributed by atoms with Crippen LogP contribution in [0.2, 0.25) is 0 Å². The van der Waals surface area contributed by atoms with Gasteiger partial charge in [-0.2, -0.15) is 4.31 Å². The lowest BCUT2D eigenvalue weighted by molar-refractivity contribution is -0.121. The van der Waals surface area contributed by atoms with E-state index in [1.807, 2.05) is 39.0 Å². The van der Waals surface area contributed by atoms with Gasteiger partial charge in [-0.25, -0.2) is 12.8 Å². The number of rotatable bonds is 6. The Kier molecular flexibility index (Phi) is 6.15. The third kappa shape index (κ3) is 4.68. The molecule has 0 aliphatic carbocycles. The highest BCUT2D eigenvalue weighted by Gasteiger charge is 2.23. The molecule has 1 amide bonds. The molecular weight excluding hydrogens is 355 g/mol. The summed E-state index contributed by atoms with van der Waals surface area (Å²) < 4.78 is 38.8. The Bertz CT molecular complexity index is 896. The van der Waals surface area contributed by atoms with Gasteiger partial charge in [-0.3, -0.25) is 4.79 Å². The van der Waals surface area contributed by atoms with Gasteiger partial charge in [0.15, 0.2) is 0 Å². The van der Waals surface area contributed by atoms with E-state index in [1.165, 1.54) is 19.2 Å². The molecule has 5 nitrogen and oxygen atoms in total. The summed E-state index contributed by atoms with van der Waals surface area (Å²) in [5, 5.41) is 2.82. The van der Waals surface area contributed by atoms with Gasteiger partial charge in [-0.05, 0) is 56.2 Å². The van der Waals surface area contributed by atoms with Gasteiger partial charge in [0.05, 0.1) is 17.5 Å². The Balaban J connectivity index is 2.06. The number of nitrogens with zero attached hydrogens (tertiary/aromatic N) is 1. The molecule has 26 heavy (non-hydrogen) atoms. The maximum atomic E-state index is 13.0. The first-order valence-electron chi connectivity index (χ1n) is 8.19. The van der Waals surface area contributed by atoms with Crippen molar-refractivity contribution in [2.75, 3.05) is 13.6 Å². The van der Waals surface area contributed by atoms with Crippen molar-refractivity contribution >= 4 is 15.9 Å². The standard InChI is InChI=1S/C19H23FN2O3S/c1-13-5-6-14(2)18(11-13)15(3)21-19(23)12-22(4)26(24,25)17-9-7-16(20)8-10-17/h5-11,15H,12H2,1-4H3,(H,21,23). The molecule has 0 radical (unpaired) electrons. The Morgan fingerprint density at radius 2 is 1.77 bits per heavy atom. The van der Waals surface area contributed by atoms with Crippen molar-refractivity contribution < 1.29 is 17.6 Å². The number of aryl methyl sites for hydroxylation is 2. The van der Waals surface area contributed by atoms with E-state index in [0.29, 0.717) is 0 Å². The lowest BCUT2D eigenvalue weighted by Crippen LogP contribution is -2.39. The topological polar surface area (TPSA) is 66.5 Å². The second kappa shape index (κ2) is 7.97. The van der Waals surface area contributed by atoms with Crippen molar-refractivity contribution in [3.8, 4) is 0 Å². The van der Waals surface area contributed by atoms with Crippen molar-refractivity contribution in [2.24, 2.45) is 0 Å². The summed E-state index contributed by atoms with van der Waals surface area (Å²) in [6.45, 7) is 5.46. The largest absolute Gasteiger partial charge is 0.348 e. The summed E-state index contributed by atoms with van der Waals surface area (Å²) in [6.07, 6.45) is 0. The molecule has 0 aliphatic rings. The number of carbonyl (C=O) groups excluding carboxylic acids is 1. The summed E-state index contributed by atoms with van der Waals surface area (Å²) in [5.74, 6) is -0.932. The maximum Gasteiger partial charge on any atom is 0.243 e. The highest BCUT2D eigenvalue weighted by atomic mass is 32.2. The lowest BCUT2D eigenvalue weighted by atomic mass is 10.00. The fourth-order valence-electron chi connectivity index (χ4n) is 2.67. The van der Waals surface area contributed by atoms with E-state index in [2.05, 4.69) is 5.32 Å². The van der Waals surface area contributed by atoms with Crippen molar-refractivity contribution in [2.45, 2.75) is 31.7 Å². The van der Waals surface area contributed by atoms with Crippen molar-refractivity contribution in [1.29, 1.82) is 0 Å². The summed E-state index contributed by atoms with van der Waals surface area (Å²) in [5.41, 5.74) is 3.13. The van der Waals surface area contributed by atoms with Crippen molar-refractivity contribution in [3.63, 3.8) is 0 Å². The quantitative estimate of drug-likeness (QED) is 0.840. The molecule has 0 aliphatic heterocycles. The summed E-state index contributed by atoms with van der Waals surface area (Å²) in [6, 6.07) is 10.2. The van der Waals surface area contributed by atoms with Crippen LogP contribution in [0.15, 0.2) is 47.4 Å². The smallest absolute Gasteiger partial charge is 0.243 e. The minimum atomic E-state index is -3.86. The molecule has 0 heterocycles. The summed E-state index contributed by atoms with van der Waals surface area (Å²) in [7, 11) is -2.54. The first-order chi connectivity index (χ1) is 12.1. The maximum absolute atomic E-state index is 13.0. The molecule has 0 aromatic heterocycles. The van der Waals surface area contributed by atoms with E-state index in [0.717, 1.165) is 33.1 Å². The zero-order valence-electron chi connectivity index (χ0n) is 15.3. The van der Waals surface area contributed by atoms with Crippen LogP contribution in [0.5, 0.6) is 0 Å². The average molecular weight is 378 g/mol. The predicted octanol–water partition coefficient (Wildman–Crippen LogP) is 2.94. The van der Waals surface area contributed by atoms with Crippen LogP contribution in [0.25, 0.3) is 0 Å². The molecule has 0 fully saturated rings. The molecule has 0 saturated carbocycles. The van der Waals surface area contributed by atoms with Gasteiger partial charge < -0.3 is 5.32 Å². The molecular formula is C19H23FN2O3S. The van der Waals surface area contributed by atoms with Gasteiger partial charge in [0.25, 0.3) is 0 Å². The number of carbonyl (C=O) groups is 1. The van der Waals surface area contributed by atoms with Gasteiger partial charge in [0, 0.05) is 7.05 Å². The zero-order valence-corrected chi connectivity index (χ0v) is 16.1. The molecule has 0 saturated heterocycles. The van der Waals surface area contributed by atoms with Crippen LogP contribution < -0.4 is 5.32 Å². The molecule has 0 spiro atoms. The molecule has 1 unspecified atom stereocenters. The summed E-state index contributed by atoms with van der Waals surface area (Å²) in [4.78, 5) is 12.2. The summed E-state index contributed by atoms with van der Waals surface area (Å²) >= 11 is 0. The third-order valence-corrected chi connectivity index (χ3v) is 5.98. The van der Waals surface area contributed by atoms with Crippen LogP contribution in [0, 0.1) is 19.7 Å². The molecule has 2 aromatic carbocycles. The third-order valence-electron chi connectivity index (χ3n) is 4.17. The van der Waals surface area contributed by atoms with E-state index >= 15 is 0 Å². The predicted molar refractivity (Wildman–Crippen MR) is 98.7 cm³/mol. The van der Waals surface area contributed by atoms with Gasteiger partial charge in [0.1, 0.15) is 5.82 Å². The fourth-order valence-corrected chi connectivity index (χ4v) is 3.79. The number of nitrogens with one attached hydrogen (secondary N) is 1. The Morgan fingerprint density at radius 1 is 1.15 bits per heavy atom. The van der Waals surface area contributed by atoms with E-state index in [9.17, 15) is 17.6 Å². The first kappa shape index (κ1) is 20.1. The average Bonchev–Trinajstić information content (AvgIpc) is 2.57. The van der Waals surface area contributed by atoms with Crippen LogP contribution in [0.1, 0.15) is 29.7 Å². The van der Waals surface area contributed by atoms with Gasteiger partial charge in [-0.1, -0.05) is 23.8 Å². The number of amides is 1. The first-order valence-corrected chi connectivity index (χ1v) is 9.63. The van der Waals surface area contributed by atoms with Crippen LogP contribution in [0.3, 0.4) is 0 Å². The molecule has 1 atom stereocenters. The van der Waals surface area contributed by atoms with E-state index in [4.69, 9.17) is 0 Å². The molecule has 0 bridgehead atoms. The minimum Gasteiger partial charge on any atom is -0.348 e. The van der Waals surface area contributed by atoms with E-state index in [1.54, 1.807) is 0 Å². The highest BCUT2D eigenvalue weighted by molar-refractivity contribution is 7.89. The Morgan fingerprint density at radius 3 is 2.38 bits per heavy atom. The molecule has 2 rings (SSSR count). The van der Waals surface area contributed by atoms with E-state index in [-0.39, 0.29) is 17.5 Å². The molecule has 2 aromatic rings. The van der Waals surface area contributed by atoms with Crippen LogP contribution in [-0.2, 0) is 14.8 Å². The Hall–Kier alpha value is -2.25. The SMILES string of the molecule is Cc1ccc(C)c(C(C)NC(=O)CN(C)S(=O)(=O)c2ccc(F)cc2)c1. The van der Waals surface area contributed by atoms with Gasteiger partial charge in [0.2, 0.25) is 15.9 Å². The van der Waals surface area contributed by atoms with Crippen LogP contribution in [0.4, 0.5) is 4.39 Å². The minimum absolute atomic E-state index is 0.0585. The normalized spacial score (nSPS) is 12.8. The number of hydrogen-bond donors (Lipinski definition) is 1. The zero-order chi connectivity index (χ0) is 19.5. The lowest BCUT2D eigenvalue weighted by Gasteiger charge is -2.20. The molecule has 7 heteroatoms. The number of benzene rings is 2. The van der Waals surface area contributed by atoms with Crippen LogP contribution in [-0.4, -0.2) is 32.2 Å². The van der Waals surface area contributed by atoms with Crippen LogP contribution >= 0.6 is 0 Å².